The summed E-state index contributed by atoms with van der Waals surface area (Å²) in [5.74, 6) is 0.999. The largest absolute Gasteiger partial charge is 0.355 e. The van der Waals surface area contributed by atoms with E-state index in [4.69, 9.17) is 4.98 Å². The Balaban J connectivity index is 1.78. The van der Waals surface area contributed by atoms with Crippen molar-refractivity contribution in [1.29, 1.82) is 0 Å². The van der Waals surface area contributed by atoms with E-state index in [0.29, 0.717) is 0 Å². The minimum absolute atomic E-state index is 0.0586. The maximum atomic E-state index is 12.2. The van der Waals surface area contributed by atoms with Crippen LogP contribution in [0.4, 0.5) is 10.6 Å². The first-order valence-corrected chi connectivity index (χ1v) is 8.11. The lowest BCUT2D eigenvalue weighted by Gasteiger charge is -2.39. The summed E-state index contributed by atoms with van der Waals surface area (Å²) in [6.45, 7) is 1.83. The number of rotatable bonds is 2. The monoisotopic (exact) mass is 312 g/mol. The lowest BCUT2D eigenvalue weighted by molar-refractivity contribution is 0.157. The third-order valence-electron chi connectivity index (χ3n) is 4.54. The minimum atomic E-state index is 0.0586. The van der Waals surface area contributed by atoms with Crippen LogP contribution in [0, 0.1) is 0 Å². The van der Waals surface area contributed by atoms with Crippen molar-refractivity contribution in [1.82, 2.24) is 14.8 Å². The van der Waals surface area contributed by atoms with Crippen molar-refractivity contribution in [2.45, 2.75) is 18.9 Å². The van der Waals surface area contributed by atoms with Crippen LogP contribution < -0.4 is 4.90 Å². The Morgan fingerprint density at radius 1 is 1.17 bits per heavy atom. The highest BCUT2D eigenvalue weighted by molar-refractivity contribution is 5.80. The number of pyridine rings is 1. The second-order valence-electron chi connectivity index (χ2n) is 6.39. The predicted molar refractivity (Wildman–Crippen MR) is 93.8 cm³/mol. The number of nitrogens with zero attached hydrogens (tertiary/aromatic N) is 4. The van der Waals surface area contributed by atoms with Crippen LogP contribution >= 0.6 is 0 Å². The van der Waals surface area contributed by atoms with Gasteiger partial charge in [-0.2, -0.15) is 0 Å². The highest BCUT2D eigenvalue weighted by atomic mass is 16.2. The SMILES string of the molecule is CN(C)C(=O)N(C)C1CCCN(c2ccc3ccccc3n2)C1. The average Bonchev–Trinajstić information content (AvgIpc) is 2.60. The number of fused-ring (bicyclic) bond motifs is 1. The summed E-state index contributed by atoms with van der Waals surface area (Å²) in [5, 5.41) is 1.16. The van der Waals surface area contributed by atoms with Crippen molar-refractivity contribution in [3.63, 3.8) is 0 Å². The lowest BCUT2D eigenvalue weighted by Crippen LogP contribution is -2.51. The zero-order valence-electron chi connectivity index (χ0n) is 14.1. The number of amides is 2. The number of carbonyl (C=O) groups is 1. The van der Waals surface area contributed by atoms with Gasteiger partial charge in [0.2, 0.25) is 0 Å². The Bertz CT molecular complexity index is 700. The molecular weight excluding hydrogens is 288 g/mol. The predicted octanol–water partition coefficient (Wildman–Crippen LogP) is 2.82. The molecule has 0 aliphatic carbocycles. The average molecular weight is 312 g/mol. The normalized spacial score (nSPS) is 18.0. The van der Waals surface area contributed by atoms with E-state index in [9.17, 15) is 4.79 Å². The maximum absolute atomic E-state index is 12.2. The van der Waals surface area contributed by atoms with Crippen LogP contribution in [-0.4, -0.2) is 61.1 Å². The molecular formula is C18H24N4O. The van der Waals surface area contributed by atoms with Crippen molar-refractivity contribution in [3.05, 3.63) is 36.4 Å². The van der Waals surface area contributed by atoms with Crippen molar-refractivity contribution < 1.29 is 4.79 Å². The Labute approximate surface area is 137 Å². The fraction of sp³-hybridized carbons (Fsp3) is 0.444. The van der Waals surface area contributed by atoms with Gasteiger partial charge >= 0.3 is 6.03 Å². The molecule has 1 aliphatic heterocycles. The van der Waals surface area contributed by atoms with Gasteiger partial charge in [-0.15, -0.1) is 0 Å². The molecule has 5 heteroatoms. The number of hydrogen-bond donors (Lipinski definition) is 0. The van der Waals surface area contributed by atoms with E-state index in [1.165, 1.54) is 0 Å². The van der Waals surface area contributed by atoms with Gasteiger partial charge in [0.15, 0.2) is 0 Å². The molecule has 5 nitrogen and oxygen atoms in total. The number of carbonyl (C=O) groups excluding carboxylic acids is 1. The molecule has 2 amide bonds. The third kappa shape index (κ3) is 3.23. The quantitative estimate of drug-likeness (QED) is 0.856. The molecule has 3 rings (SSSR count). The van der Waals surface area contributed by atoms with E-state index >= 15 is 0 Å². The van der Waals surface area contributed by atoms with Crippen LogP contribution in [0.1, 0.15) is 12.8 Å². The summed E-state index contributed by atoms with van der Waals surface area (Å²) in [6, 6.07) is 12.7. The van der Waals surface area contributed by atoms with Gasteiger partial charge in [0.05, 0.1) is 11.6 Å². The van der Waals surface area contributed by atoms with Crippen LogP contribution in [0.2, 0.25) is 0 Å². The Morgan fingerprint density at radius 2 is 1.96 bits per heavy atom. The molecule has 0 saturated carbocycles. The van der Waals surface area contributed by atoms with E-state index in [0.717, 1.165) is 42.7 Å². The number of aromatic nitrogens is 1. The number of benzene rings is 1. The number of likely N-dealkylation sites (N-methyl/N-ethyl adjacent to an activating group) is 1. The minimum Gasteiger partial charge on any atom is -0.355 e. The molecule has 1 aromatic heterocycles. The summed E-state index contributed by atoms with van der Waals surface area (Å²) in [7, 11) is 5.49. The maximum Gasteiger partial charge on any atom is 0.319 e. The molecule has 0 spiro atoms. The molecule has 1 aliphatic rings. The standard InChI is InChI=1S/C18H24N4O/c1-20(2)18(23)21(3)15-8-6-12-22(13-15)17-11-10-14-7-4-5-9-16(14)19-17/h4-5,7,9-11,15H,6,8,12-13H2,1-3H3. The van der Waals surface area contributed by atoms with Crippen molar-refractivity contribution in [2.75, 3.05) is 39.1 Å². The van der Waals surface area contributed by atoms with Crippen LogP contribution in [0.25, 0.3) is 10.9 Å². The molecule has 0 radical (unpaired) electrons. The highest BCUT2D eigenvalue weighted by Crippen LogP contribution is 2.23. The van der Waals surface area contributed by atoms with Crippen LogP contribution in [0.15, 0.2) is 36.4 Å². The molecule has 1 atom stereocenters. The van der Waals surface area contributed by atoms with Crippen LogP contribution in [0.5, 0.6) is 0 Å². The summed E-state index contributed by atoms with van der Waals surface area (Å²) in [4.78, 5) is 22.7. The topological polar surface area (TPSA) is 39.7 Å². The molecule has 0 bridgehead atoms. The van der Waals surface area contributed by atoms with Crippen molar-refractivity contribution in [3.8, 4) is 0 Å². The van der Waals surface area contributed by atoms with E-state index in [2.05, 4.69) is 23.1 Å². The van der Waals surface area contributed by atoms with Gasteiger partial charge in [0.25, 0.3) is 0 Å². The molecule has 1 aromatic carbocycles. The highest BCUT2D eigenvalue weighted by Gasteiger charge is 2.27. The van der Waals surface area contributed by atoms with E-state index < -0.39 is 0 Å². The summed E-state index contributed by atoms with van der Waals surface area (Å²) in [5.41, 5.74) is 1.02. The second-order valence-corrected chi connectivity index (χ2v) is 6.39. The van der Waals surface area contributed by atoms with Crippen LogP contribution in [-0.2, 0) is 0 Å². The summed E-state index contributed by atoms with van der Waals surface area (Å²) in [6.07, 6.45) is 2.12. The van der Waals surface area contributed by atoms with Gasteiger partial charge in [-0.3, -0.25) is 0 Å². The molecule has 2 heterocycles. The van der Waals surface area contributed by atoms with E-state index in [1.807, 2.05) is 30.1 Å². The first kappa shape index (κ1) is 15.6. The first-order chi connectivity index (χ1) is 11.1. The Hall–Kier alpha value is -2.30. The third-order valence-corrected chi connectivity index (χ3v) is 4.54. The zero-order valence-corrected chi connectivity index (χ0v) is 14.1. The molecule has 122 valence electrons. The van der Waals surface area contributed by atoms with Crippen molar-refractivity contribution in [2.24, 2.45) is 0 Å². The molecule has 2 aromatic rings. The van der Waals surface area contributed by atoms with E-state index in [-0.39, 0.29) is 12.1 Å². The lowest BCUT2D eigenvalue weighted by atomic mass is 10.0. The zero-order chi connectivity index (χ0) is 16.4. The van der Waals surface area contributed by atoms with Gasteiger partial charge in [-0.1, -0.05) is 18.2 Å². The summed E-state index contributed by atoms with van der Waals surface area (Å²) < 4.78 is 0. The first-order valence-electron chi connectivity index (χ1n) is 8.11. The van der Waals surface area contributed by atoms with E-state index in [1.54, 1.807) is 19.0 Å². The van der Waals surface area contributed by atoms with Gasteiger partial charge < -0.3 is 14.7 Å². The van der Waals surface area contributed by atoms with Crippen molar-refractivity contribution >= 4 is 22.8 Å². The van der Waals surface area contributed by atoms with Gasteiger partial charge in [0.1, 0.15) is 5.82 Å². The fourth-order valence-corrected chi connectivity index (χ4v) is 3.18. The molecule has 23 heavy (non-hydrogen) atoms. The molecule has 1 fully saturated rings. The van der Waals surface area contributed by atoms with Gasteiger partial charge in [0, 0.05) is 39.6 Å². The molecule has 1 unspecified atom stereocenters. The molecule has 1 saturated heterocycles. The van der Waals surface area contributed by atoms with Crippen LogP contribution in [0.3, 0.4) is 0 Å². The molecule has 0 N–H and O–H groups in total. The number of hydrogen-bond acceptors (Lipinski definition) is 3. The Kier molecular flexibility index (Phi) is 4.37. The number of para-hydroxylation sites is 1. The Morgan fingerprint density at radius 3 is 2.74 bits per heavy atom. The smallest absolute Gasteiger partial charge is 0.319 e. The number of urea groups is 1. The number of anilines is 1. The second kappa shape index (κ2) is 6.44. The number of piperidine rings is 1. The van der Waals surface area contributed by atoms with Gasteiger partial charge in [-0.25, -0.2) is 9.78 Å². The van der Waals surface area contributed by atoms with Gasteiger partial charge in [-0.05, 0) is 31.0 Å². The fourth-order valence-electron chi connectivity index (χ4n) is 3.18. The summed E-state index contributed by atoms with van der Waals surface area (Å²) >= 11 is 0.